The fourth-order valence-electron chi connectivity index (χ4n) is 2.63. The number of anilines is 3. The molecule has 1 heterocycles. The van der Waals surface area contributed by atoms with Crippen LogP contribution in [0.3, 0.4) is 0 Å². The predicted octanol–water partition coefficient (Wildman–Crippen LogP) is 4.01. The monoisotopic (exact) mass is 359 g/mol. The molecule has 1 saturated heterocycles. The molecule has 0 bridgehead atoms. The summed E-state index contributed by atoms with van der Waals surface area (Å²) in [4.78, 5) is 14.6. The van der Waals surface area contributed by atoms with E-state index in [4.69, 9.17) is 5.73 Å². The molecule has 0 radical (unpaired) electrons. The van der Waals surface area contributed by atoms with E-state index < -0.39 is 0 Å². The van der Waals surface area contributed by atoms with Crippen molar-refractivity contribution >= 4 is 38.9 Å². The molecule has 5 heteroatoms. The second kappa shape index (κ2) is 6.40. The van der Waals surface area contributed by atoms with Gasteiger partial charge < -0.3 is 16.0 Å². The van der Waals surface area contributed by atoms with Crippen LogP contribution in [0.2, 0.25) is 0 Å². The van der Waals surface area contributed by atoms with Gasteiger partial charge >= 0.3 is 0 Å². The van der Waals surface area contributed by atoms with Crippen LogP contribution in [-0.4, -0.2) is 23.9 Å². The quantitative estimate of drug-likeness (QED) is 0.813. The number of benzene rings is 2. The van der Waals surface area contributed by atoms with E-state index in [9.17, 15) is 4.79 Å². The maximum atomic E-state index is 12.7. The number of rotatable bonds is 3. The van der Waals surface area contributed by atoms with Crippen LogP contribution in [0.4, 0.5) is 17.1 Å². The van der Waals surface area contributed by atoms with Crippen LogP contribution in [-0.2, 0) is 0 Å². The maximum Gasteiger partial charge on any atom is 0.256 e. The minimum atomic E-state index is 0.0458. The molecule has 1 aliphatic heterocycles. The van der Waals surface area contributed by atoms with E-state index >= 15 is 0 Å². The van der Waals surface area contributed by atoms with Crippen LogP contribution in [0.5, 0.6) is 0 Å². The predicted molar refractivity (Wildman–Crippen MR) is 93.4 cm³/mol. The van der Waals surface area contributed by atoms with Gasteiger partial charge in [0.25, 0.3) is 5.91 Å². The molecule has 2 aromatic carbocycles. The summed E-state index contributed by atoms with van der Waals surface area (Å²) >= 11 is 3.42. The Balaban J connectivity index is 1.90. The molecule has 0 atom stereocenters. The molecule has 3 rings (SSSR count). The minimum absolute atomic E-state index is 0.0458. The lowest BCUT2D eigenvalue weighted by atomic mass is 10.1. The lowest BCUT2D eigenvalue weighted by Crippen LogP contribution is -2.28. The van der Waals surface area contributed by atoms with Gasteiger partial charge in [0.15, 0.2) is 0 Å². The number of hydrogen-bond acceptors (Lipinski definition) is 3. The van der Waals surface area contributed by atoms with E-state index in [0.29, 0.717) is 11.3 Å². The van der Waals surface area contributed by atoms with Crippen molar-refractivity contribution in [1.82, 2.24) is 4.90 Å². The Labute approximate surface area is 138 Å². The van der Waals surface area contributed by atoms with Gasteiger partial charge in [0.05, 0.1) is 11.3 Å². The average Bonchev–Trinajstić information content (AvgIpc) is 3.05. The Hall–Kier alpha value is -2.01. The standard InChI is InChI=1S/C17H18BrN3O/c18-12-3-6-14(7-4-12)20-16-8-5-13(19)11-15(16)17(22)21-9-1-2-10-21/h3-8,11,20H,1-2,9-10,19H2. The highest BCUT2D eigenvalue weighted by Gasteiger charge is 2.22. The van der Waals surface area contributed by atoms with E-state index in [-0.39, 0.29) is 5.91 Å². The number of amides is 1. The van der Waals surface area contributed by atoms with Gasteiger partial charge in [0, 0.05) is 28.9 Å². The number of carbonyl (C=O) groups is 1. The van der Waals surface area contributed by atoms with Gasteiger partial charge in [-0.05, 0) is 55.3 Å². The van der Waals surface area contributed by atoms with Gasteiger partial charge in [0.2, 0.25) is 0 Å². The third-order valence-electron chi connectivity index (χ3n) is 3.79. The summed E-state index contributed by atoms with van der Waals surface area (Å²) in [6.45, 7) is 1.65. The average molecular weight is 360 g/mol. The molecule has 4 nitrogen and oxygen atoms in total. The number of carbonyl (C=O) groups excluding carboxylic acids is 1. The van der Waals surface area contributed by atoms with Crippen LogP contribution in [0, 0.1) is 0 Å². The molecular formula is C17H18BrN3O. The Morgan fingerprint density at radius 2 is 1.77 bits per heavy atom. The zero-order valence-corrected chi connectivity index (χ0v) is 13.8. The molecule has 1 fully saturated rings. The number of nitrogens with zero attached hydrogens (tertiary/aromatic N) is 1. The topological polar surface area (TPSA) is 58.4 Å². The molecule has 0 aromatic heterocycles. The van der Waals surface area contributed by atoms with Gasteiger partial charge in [-0.25, -0.2) is 0 Å². The zero-order chi connectivity index (χ0) is 15.5. The van der Waals surface area contributed by atoms with Gasteiger partial charge in [-0.3, -0.25) is 4.79 Å². The SMILES string of the molecule is Nc1ccc(Nc2ccc(Br)cc2)c(C(=O)N2CCCC2)c1. The van der Waals surface area contributed by atoms with Crippen molar-refractivity contribution in [1.29, 1.82) is 0 Å². The molecule has 0 aliphatic carbocycles. The molecule has 114 valence electrons. The van der Waals surface area contributed by atoms with Gasteiger partial charge in [0.1, 0.15) is 0 Å². The first-order chi connectivity index (χ1) is 10.6. The van der Waals surface area contributed by atoms with Gasteiger partial charge in [-0.2, -0.15) is 0 Å². The van der Waals surface area contributed by atoms with Crippen molar-refractivity contribution in [3.8, 4) is 0 Å². The van der Waals surface area contributed by atoms with Crippen molar-refractivity contribution in [3.63, 3.8) is 0 Å². The number of nitrogen functional groups attached to an aromatic ring is 1. The fourth-order valence-corrected chi connectivity index (χ4v) is 2.89. The van der Waals surface area contributed by atoms with Crippen LogP contribution in [0.25, 0.3) is 0 Å². The third kappa shape index (κ3) is 3.25. The number of likely N-dealkylation sites (tertiary alicyclic amines) is 1. The summed E-state index contributed by atoms with van der Waals surface area (Å²) in [6.07, 6.45) is 2.15. The summed E-state index contributed by atoms with van der Waals surface area (Å²) in [6, 6.07) is 13.3. The number of nitrogens with two attached hydrogens (primary N) is 1. The number of halogens is 1. The van der Waals surface area contributed by atoms with E-state index in [0.717, 1.165) is 41.8 Å². The van der Waals surface area contributed by atoms with Crippen molar-refractivity contribution in [2.24, 2.45) is 0 Å². The first-order valence-electron chi connectivity index (χ1n) is 7.35. The van der Waals surface area contributed by atoms with E-state index in [1.165, 1.54) is 0 Å². The second-order valence-corrected chi connectivity index (χ2v) is 6.35. The summed E-state index contributed by atoms with van der Waals surface area (Å²) in [5, 5.41) is 3.31. The second-order valence-electron chi connectivity index (χ2n) is 5.44. The molecule has 3 N–H and O–H groups in total. The van der Waals surface area contributed by atoms with Crippen LogP contribution in [0.1, 0.15) is 23.2 Å². The first kappa shape index (κ1) is 14.9. The van der Waals surface area contributed by atoms with Crippen LogP contribution >= 0.6 is 15.9 Å². The first-order valence-corrected chi connectivity index (χ1v) is 8.14. The summed E-state index contributed by atoms with van der Waals surface area (Å²) in [7, 11) is 0. The van der Waals surface area contributed by atoms with E-state index in [1.807, 2.05) is 41.3 Å². The highest BCUT2D eigenvalue weighted by Crippen LogP contribution is 2.26. The van der Waals surface area contributed by atoms with Crippen molar-refractivity contribution in [2.75, 3.05) is 24.1 Å². The Morgan fingerprint density at radius 1 is 1.09 bits per heavy atom. The largest absolute Gasteiger partial charge is 0.399 e. The normalized spacial score (nSPS) is 14.1. The minimum Gasteiger partial charge on any atom is -0.399 e. The third-order valence-corrected chi connectivity index (χ3v) is 4.32. The molecule has 22 heavy (non-hydrogen) atoms. The van der Waals surface area contributed by atoms with Crippen molar-refractivity contribution in [3.05, 3.63) is 52.5 Å². The maximum absolute atomic E-state index is 12.7. The highest BCUT2D eigenvalue weighted by molar-refractivity contribution is 9.10. The molecule has 1 aliphatic rings. The molecule has 1 amide bonds. The summed E-state index contributed by atoms with van der Waals surface area (Å²) < 4.78 is 1.02. The van der Waals surface area contributed by atoms with Crippen LogP contribution < -0.4 is 11.1 Å². The summed E-state index contributed by atoms with van der Waals surface area (Å²) in [5.41, 5.74) is 8.82. The zero-order valence-electron chi connectivity index (χ0n) is 12.2. The van der Waals surface area contributed by atoms with Crippen molar-refractivity contribution < 1.29 is 4.79 Å². The molecule has 0 spiro atoms. The van der Waals surface area contributed by atoms with E-state index in [2.05, 4.69) is 21.2 Å². The Morgan fingerprint density at radius 3 is 2.45 bits per heavy atom. The lowest BCUT2D eigenvalue weighted by molar-refractivity contribution is 0.0794. The molecule has 0 saturated carbocycles. The highest BCUT2D eigenvalue weighted by atomic mass is 79.9. The number of nitrogens with one attached hydrogen (secondary N) is 1. The van der Waals surface area contributed by atoms with Crippen molar-refractivity contribution in [2.45, 2.75) is 12.8 Å². The molecule has 0 unspecified atom stereocenters. The Bertz CT molecular complexity index is 679. The van der Waals surface area contributed by atoms with Gasteiger partial charge in [-0.15, -0.1) is 0 Å². The smallest absolute Gasteiger partial charge is 0.256 e. The van der Waals surface area contributed by atoms with Crippen LogP contribution in [0.15, 0.2) is 46.9 Å². The molecular weight excluding hydrogens is 342 g/mol. The lowest BCUT2D eigenvalue weighted by Gasteiger charge is -2.19. The van der Waals surface area contributed by atoms with E-state index in [1.54, 1.807) is 6.07 Å². The number of hydrogen-bond donors (Lipinski definition) is 2. The van der Waals surface area contributed by atoms with Gasteiger partial charge in [-0.1, -0.05) is 15.9 Å². The fraction of sp³-hybridized carbons (Fsp3) is 0.235. The summed E-state index contributed by atoms with van der Waals surface area (Å²) in [5.74, 6) is 0.0458. The Kier molecular flexibility index (Phi) is 4.34. The molecule has 2 aromatic rings.